The number of nitrogens with zero attached hydrogens (tertiary/aromatic N) is 2. The number of thioether (sulfide) groups is 1. The lowest BCUT2D eigenvalue weighted by Gasteiger charge is -2.08. The number of carbonyl (C=O) groups excluding carboxylic acids is 1. The summed E-state index contributed by atoms with van der Waals surface area (Å²) in [5.41, 5.74) is 2.51. The Morgan fingerprint density at radius 1 is 1.30 bits per heavy atom. The largest absolute Gasteiger partial charge is 0.324 e. The fourth-order valence-electron chi connectivity index (χ4n) is 1.72. The molecule has 0 spiro atoms. The van der Waals surface area contributed by atoms with Crippen LogP contribution >= 0.6 is 11.8 Å². The van der Waals surface area contributed by atoms with E-state index in [0.717, 1.165) is 16.2 Å². The van der Waals surface area contributed by atoms with Crippen LogP contribution in [-0.4, -0.2) is 16.0 Å². The van der Waals surface area contributed by atoms with Gasteiger partial charge in [-0.1, -0.05) is 30.5 Å². The Bertz CT molecular complexity index is 728. The second-order valence-electron chi connectivity index (χ2n) is 4.83. The van der Waals surface area contributed by atoms with Crippen molar-refractivity contribution in [2.75, 3.05) is 5.32 Å². The summed E-state index contributed by atoms with van der Waals surface area (Å²) in [6.07, 6.45) is 3.47. The van der Waals surface area contributed by atoms with E-state index in [-0.39, 0.29) is 6.03 Å². The topological polar surface area (TPSA) is 66.9 Å². The van der Waals surface area contributed by atoms with Gasteiger partial charge in [-0.05, 0) is 37.5 Å². The van der Waals surface area contributed by atoms with Crippen molar-refractivity contribution in [3.63, 3.8) is 0 Å². The zero-order chi connectivity index (χ0) is 16.7. The minimum atomic E-state index is -0.329. The van der Waals surface area contributed by atoms with Crippen LogP contribution in [0.4, 0.5) is 10.6 Å². The van der Waals surface area contributed by atoms with Gasteiger partial charge in [0.15, 0.2) is 0 Å². The van der Waals surface area contributed by atoms with E-state index in [1.807, 2.05) is 43.5 Å². The molecule has 0 saturated carbocycles. The molecule has 0 atom stereocenters. The van der Waals surface area contributed by atoms with Crippen molar-refractivity contribution in [1.82, 2.24) is 15.3 Å². The lowest BCUT2D eigenvalue weighted by Crippen LogP contribution is -2.27. The van der Waals surface area contributed by atoms with E-state index in [1.165, 1.54) is 11.8 Å². The van der Waals surface area contributed by atoms with Crippen LogP contribution in [0, 0.1) is 6.92 Å². The van der Waals surface area contributed by atoms with E-state index >= 15 is 0 Å². The van der Waals surface area contributed by atoms with Crippen molar-refractivity contribution in [3.05, 3.63) is 71.7 Å². The molecule has 2 aromatic rings. The summed E-state index contributed by atoms with van der Waals surface area (Å²) in [6.45, 7) is 7.68. The number of urea groups is 1. The maximum Gasteiger partial charge on any atom is 0.324 e. The third kappa shape index (κ3) is 5.60. The van der Waals surface area contributed by atoms with Crippen molar-refractivity contribution < 1.29 is 4.79 Å². The predicted molar refractivity (Wildman–Crippen MR) is 95.7 cm³/mol. The molecular formula is C17H18N4OS. The fourth-order valence-corrected chi connectivity index (χ4v) is 2.36. The van der Waals surface area contributed by atoms with Crippen LogP contribution in [0.1, 0.15) is 18.2 Å². The van der Waals surface area contributed by atoms with Gasteiger partial charge in [0.05, 0.1) is 0 Å². The van der Waals surface area contributed by atoms with Gasteiger partial charge in [0.2, 0.25) is 0 Å². The number of rotatable bonds is 5. The van der Waals surface area contributed by atoms with Crippen LogP contribution in [0.3, 0.4) is 0 Å². The molecule has 0 aromatic carbocycles. The summed E-state index contributed by atoms with van der Waals surface area (Å²) in [5.74, 6) is 0.516. The number of nitrogens with one attached hydrogen (secondary N) is 2. The smallest absolute Gasteiger partial charge is 0.311 e. The molecule has 5 nitrogen and oxygen atoms in total. The van der Waals surface area contributed by atoms with Gasteiger partial charge in [0.25, 0.3) is 0 Å². The van der Waals surface area contributed by atoms with Crippen molar-refractivity contribution in [2.24, 2.45) is 0 Å². The minimum Gasteiger partial charge on any atom is -0.311 e. The Kier molecular flexibility index (Phi) is 5.94. The van der Waals surface area contributed by atoms with Gasteiger partial charge in [0, 0.05) is 34.3 Å². The molecule has 0 fully saturated rings. The number of hydrogen-bond acceptors (Lipinski definition) is 4. The van der Waals surface area contributed by atoms with Crippen LogP contribution in [0.5, 0.6) is 0 Å². The summed E-state index contributed by atoms with van der Waals surface area (Å²) in [5, 5.41) is 7.27. The SMILES string of the molecule is C=C(S/C=C(\C)NC(=O)Nc1cccc(C)n1)c1cccnc1. The van der Waals surface area contributed by atoms with Crippen LogP contribution < -0.4 is 10.6 Å². The van der Waals surface area contributed by atoms with Crippen molar-refractivity contribution in [1.29, 1.82) is 0 Å². The monoisotopic (exact) mass is 326 g/mol. The molecule has 0 aliphatic rings. The highest BCUT2D eigenvalue weighted by Gasteiger charge is 2.04. The molecule has 0 saturated heterocycles. The quantitative estimate of drug-likeness (QED) is 0.865. The highest BCUT2D eigenvalue weighted by Crippen LogP contribution is 2.26. The van der Waals surface area contributed by atoms with Gasteiger partial charge in [0.1, 0.15) is 5.82 Å². The van der Waals surface area contributed by atoms with Gasteiger partial charge in [-0.2, -0.15) is 0 Å². The molecule has 23 heavy (non-hydrogen) atoms. The van der Waals surface area contributed by atoms with E-state index in [0.29, 0.717) is 11.5 Å². The standard InChI is InChI=1S/C17H18N4OS/c1-12-6-4-8-16(19-12)21-17(22)20-13(2)11-23-14(3)15-7-5-9-18-10-15/h4-11H,3H2,1-2H3,(H2,19,20,21,22)/b13-11+. The number of aromatic nitrogens is 2. The Hall–Kier alpha value is -2.60. The fraction of sp³-hybridized carbons (Fsp3) is 0.118. The molecule has 0 aliphatic heterocycles. The maximum atomic E-state index is 11.9. The number of amides is 2. The van der Waals surface area contributed by atoms with Crippen LogP contribution in [0.15, 0.2) is 60.4 Å². The molecule has 0 radical (unpaired) electrons. The molecular weight excluding hydrogens is 308 g/mol. The van der Waals surface area contributed by atoms with E-state index in [1.54, 1.807) is 18.5 Å². The van der Waals surface area contributed by atoms with Gasteiger partial charge in [-0.15, -0.1) is 0 Å². The second kappa shape index (κ2) is 8.14. The van der Waals surface area contributed by atoms with Gasteiger partial charge < -0.3 is 5.32 Å². The molecule has 0 unspecified atom stereocenters. The lowest BCUT2D eigenvalue weighted by molar-refractivity contribution is 0.254. The molecule has 2 aromatic heterocycles. The molecule has 2 N–H and O–H groups in total. The lowest BCUT2D eigenvalue weighted by atomic mass is 10.3. The number of aryl methyl sites for hydroxylation is 1. The number of allylic oxidation sites excluding steroid dienone is 1. The third-order valence-electron chi connectivity index (χ3n) is 2.80. The normalized spacial score (nSPS) is 11.0. The number of anilines is 1. The average molecular weight is 326 g/mol. The molecule has 2 rings (SSSR count). The van der Waals surface area contributed by atoms with Crippen molar-refractivity contribution in [2.45, 2.75) is 13.8 Å². The van der Waals surface area contributed by atoms with E-state index in [4.69, 9.17) is 0 Å². The summed E-state index contributed by atoms with van der Waals surface area (Å²) in [6, 6.07) is 8.92. The summed E-state index contributed by atoms with van der Waals surface area (Å²) < 4.78 is 0. The van der Waals surface area contributed by atoms with Crippen LogP contribution in [-0.2, 0) is 0 Å². The van der Waals surface area contributed by atoms with Crippen LogP contribution in [0.2, 0.25) is 0 Å². The van der Waals surface area contributed by atoms with E-state index in [9.17, 15) is 4.79 Å². The first-order valence-corrected chi connectivity index (χ1v) is 7.87. The van der Waals surface area contributed by atoms with Crippen molar-refractivity contribution >= 4 is 28.5 Å². The average Bonchev–Trinajstić information content (AvgIpc) is 2.53. The molecule has 0 aliphatic carbocycles. The highest BCUT2D eigenvalue weighted by molar-refractivity contribution is 8.10. The van der Waals surface area contributed by atoms with E-state index < -0.39 is 0 Å². The maximum absolute atomic E-state index is 11.9. The Labute approximate surface area is 139 Å². The zero-order valence-corrected chi connectivity index (χ0v) is 13.9. The first-order valence-electron chi connectivity index (χ1n) is 6.99. The summed E-state index contributed by atoms with van der Waals surface area (Å²) in [4.78, 5) is 21.0. The van der Waals surface area contributed by atoms with Crippen molar-refractivity contribution in [3.8, 4) is 0 Å². The number of carbonyl (C=O) groups is 1. The molecule has 0 bridgehead atoms. The van der Waals surface area contributed by atoms with Crippen LogP contribution in [0.25, 0.3) is 4.91 Å². The minimum absolute atomic E-state index is 0.329. The number of pyridine rings is 2. The number of hydrogen-bond donors (Lipinski definition) is 2. The van der Waals surface area contributed by atoms with Gasteiger partial charge >= 0.3 is 6.03 Å². The Balaban J connectivity index is 1.87. The van der Waals surface area contributed by atoms with Gasteiger partial charge in [-0.25, -0.2) is 9.78 Å². The summed E-state index contributed by atoms with van der Waals surface area (Å²) in [7, 11) is 0. The first kappa shape index (κ1) is 16.8. The first-order chi connectivity index (χ1) is 11.0. The molecule has 118 valence electrons. The Morgan fingerprint density at radius 3 is 2.83 bits per heavy atom. The highest BCUT2D eigenvalue weighted by atomic mass is 32.2. The molecule has 2 amide bonds. The second-order valence-corrected chi connectivity index (χ2v) is 5.79. The molecule has 6 heteroatoms. The van der Waals surface area contributed by atoms with E-state index in [2.05, 4.69) is 27.2 Å². The predicted octanol–water partition coefficient (Wildman–Crippen LogP) is 4.17. The molecule has 2 heterocycles. The third-order valence-corrected chi connectivity index (χ3v) is 3.79. The summed E-state index contributed by atoms with van der Waals surface area (Å²) >= 11 is 1.43. The Morgan fingerprint density at radius 2 is 2.13 bits per heavy atom. The zero-order valence-electron chi connectivity index (χ0n) is 13.0. The van der Waals surface area contributed by atoms with Gasteiger partial charge in [-0.3, -0.25) is 10.3 Å².